The van der Waals surface area contributed by atoms with Crippen molar-refractivity contribution in [3.05, 3.63) is 94.1 Å². The van der Waals surface area contributed by atoms with Gasteiger partial charge in [0.15, 0.2) is 0 Å². The number of carbonyl (C=O) groups is 2. The highest BCUT2D eigenvalue weighted by atomic mass is 32.1. The molecule has 2 aliphatic heterocycles. The van der Waals surface area contributed by atoms with Gasteiger partial charge in [0.25, 0.3) is 5.91 Å². The van der Waals surface area contributed by atoms with Gasteiger partial charge in [-0.25, -0.2) is 4.79 Å². The molecule has 250 valence electrons. The number of rotatable bonds is 12. The highest BCUT2D eigenvalue weighted by Crippen LogP contribution is 2.37. The molecule has 48 heavy (non-hydrogen) atoms. The first-order valence-corrected chi connectivity index (χ1v) is 17.2. The number of hydrogen-bond acceptors (Lipinski definition) is 8. The molecule has 1 saturated heterocycles. The van der Waals surface area contributed by atoms with Gasteiger partial charge in [-0.1, -0.05) is 30.3 Å². The maximum absolute atomic E-state index is 13.1. The normalized spacial score (nSPS) is 15.0. The molecule has 2 N–H and O–H groups in total. The molecule has 0 atom stereocenters. The SMILES string of the molecule is COc1ccc(NC(=O)N2CCc3c(sc(NC(=O)c4cnn(CCOCCC5CCN(Cc6ccccc6)CC5)c4)c3C#N)C2)cc1. The van der Waals surface area contributed by atoms with Crippen LogP contribution in [0.4, 0.5) is 15.5 Å². The van der Waals surface area contributed by atoms with Crippen LogP contribution in [0.2, 0.25) is 0 Å². The molecule has 2 aliphatic rings. The van der Waals surface area contributed by atoms with Gasteiger partial charge >= 0.3 is 6.03 Å². The Morgan fingerprint density at radius 3 is 2.58 bits per heavy atom. The Balaban J connectivity index is 0.928. The third-order valence-electron chi connectivity index (χ3n) is 9.01. The van der Waals surface area contributed by atoms with Crippen molar-refractivity contribution in [2.24, 2.45) is 5.92 Å². The van der Waals surface area contributed by atoms with Gasteiger partial charge in [-0.3, -0.25) is 14.4 Å². The van der Waals surface area contributed by atoms with Crippen LogP contribution in [0.3, 0.4) is 0 Å². The zero-order chi connectivity index (χ0) is 33.3. The number of thiophene rings is 1. The maximum Gasteiger partial charge on any atom is 0.322 e. The molecule has 0 saturated carbocycles. The van der Waals surface area contributed by atoms with E-state index in [1.807, 2.05) is 0 Å². The van der Waals surface area contributed by atoms with Gasteiger partial charge in [0.1, 0.15) is 16.8 Å². The number of ether oxygens (including phenoxy) is 2. The summed E-state index contributed by atoms with van der Waals surface area (Å²) in [6, 6.07) is 19.8. The number of hydrogen-bond donors (Lipinski definition) is 2. The third kappa shape index (κ3) is 8.41. The fourth-order valence-electron chi connectivity index (χ4n) is 6.22. The van der Waals surface area contributed by atoms with Gasteiger partial charge in [-0.05, 0) is 80.1 Å². The van der Waals surface area contributed by atoms with Crippen molar-refractivity contribution in [1.82, 2.24) is 19.6 Å². The quantitative estimate of drug-likeness (QED) is 0.178. The molecule has 4 aromatic rings. The summed E-state index contributed by atoms with van der Waals surface area (Å²) in [7, 11) is 1.59. The standard InChI is InChI=1S/C36H41N7O4S/c1-46-30-9-7-29(8-10-30)39-36(45)42-17-13-31-32(21-37)35(48-33(31)25-42)40-34(44)28-22-38-43(24-28)18-20-47-19-14-26-11-15-41(16-12-26)23-27-5-3-2-4-6-27/h2-10,22,24,26H,11-20,23,25H2,1H3,(H,39,45)(H,40,44). The number of amides is 3. The van der Waals surface area contributed by atoms with E-state index in [4.69, 9.17) is 9.47 Å². The van der Waals surface area contributed by atoms with Crippen LogP contribution in [0.25, 0.3) is 0 Å². The van der Waals surface area contributed by atoms with Crippen LogP contribution in [-0.2, 0) is 30.8 Å². The first-order chi connectivity index (χ1) is 23.5. The third-order valence-corrected chi connectivity index (χ3v) is 10.1. The number of nitrogens with zero attached hydrogens (tertiary/aromatic N) is 5. The van der Waals surface area contributed by atoms with E-state index in [0.717, 1.165) is 43.1 Å². The second-order valence-corrected chi connectivity index (χ2v) is 13.3. The van der Waals surface area contributed by atoms with Crippen LogP contribution in [0, 0.1) is 17.2 Å². The predicted molar refractivity (Wildman–Crippen MR) is 185 cm³/mol. The fraction of sp³-hybridized carbons (Fsp3) is 0.389. The summed E-state index contributed by atoms with van der Waals surface area (Å²) in [4.78, 5) is 31.2. The molecule has 0 spiro atoms. The summed E-state index contributed by atoms with van der Waals surface area (Å²) in [6.07, 6.45) is 7.23. The lowest BCUT2D eigenvalue weighted by Gasteiger charge is -2.32. The second kappa shape index (κ2) is 15.9. The number of carbonyl (C=O) groups excluding carboxylic acids is 2. The van der Waals surface area contributed by atoms with Crippen molar-refractivity contribution in [1.29, 1.82) is 5.26 Å². The van der Waals surface area contributed by atoms with Crippen LogP contribution in [0.15, 0.2) is 67.0 Å². The van der Waals surface area contributed by atoms with Crippen LogP contribution in [0.5, 0.6) is 5.75 Å². The number of likely N-dealkylation sites (tertiary alicyclic amines) is 1. The number of nitrogens with one attached hydrogen (secondary N) is 2. The van der Waals surface area contributed by atoms with Crippen molar-refractivity contribution >= 4 is 34.0 Å². The Kier molecular flexibility index (Phi) is 11.0. The van der Waals surface area contributed by atoms with E-state index in [0.29, 0.717) is 66.1 Å². The van der Waals surface area contributed by atoms with Crippen molar-refractivity contribution in [2.75, 3.05) is 50.6 Å². The van der Waals surface area contributed by atoms with E-state index in [-0.39, 0.29) is 11.9 Å². The first kappa shape index (κ1) is 33.2. The maximum atomic E-state index is 13.1. The number of nitriles is 1. The lowest BCUT2D eigenvalue weighted by molar-refractivity contribution is 0.0933. The van der Waals surface area contributed by atoms with Crippen molar-refractivity contribution in [3.8, 4) is 11.8 Å². The van der Waals surface area contributed by atoms with Gasteiger partial charge in [0.2, 0.25) is 0 Å². The average molecular weight is 668 g/mol. The molecule has 4 heterocycles. The largest absolute Gasteiger partial charge is 0.497 e. The highest BCUT2D eigenvalue weighted by Gasteiger charge is 2.28. The van der Waals surface area contributed by atoms with E-state index in [2.05, 4.69) is 57.0 Å². The number of anilines is 2. The number of benzene rings is 2. The molecule has 0 unspecified atom stereocenters. The molecule has 0 bridgehead atoms. The molecular weight excluding hydrogens is 627 g/mol. The number of aromatic nitrogens is 2. The van der Waals surface area contributed by atoms with E-state index < -0.39 is 0 Å². The van der Waals surface area contributed by atoms with Gasteiger partial charge in [-0.15, -0.1) is 11.3 Å². The summed E-state index contributed by atoms with van der Waals surface area (Å²) in [6.45, 7) is 5.90. The summed E-state index contributed by atoms with van der Waals surface area (Å²) < 4.78 is 12.8. The Morgan fingerprint density at radius 1 is 1.04 bits per heavy atom. The van der Waals surface area contributed by atoms with Gasteiger partial charge in [-0.2, -0.15) is 10.4 Å². The Labute approximate surface area is 285 Å². The molecule has 2 aromatic carbocycles. The molecule has 0 radical (unpaired) electrons. The molecule has 11 nitrogen and oxygen atoms in total. The molecule has 6 rings (SSSR count). The number of methoxy groups -OCH3 is 1. The highest BCUT2D eigenvalue weighted by molar-refractivity contribution is 7.16. The second-order valence-electron chi connectivity index (χ2n) is 12.2. The topological polar surface area (TPSA) is 125 Å². The number of piperidine rings is 1. The van der Waals surface area contributed by atoms with Crippen LogP contribution < -0.4 is 15.4 Å². The minimum absolute atomic E-state index is 0.223. The Hall–Kier alpha value is -4.70. The summed E-state index contributed by atoms with van der Waals surface area (Å²) in [5.41, 5.74) is 3.80. The van der Waals surface area contributed by atoms with Gasteiger partial charge in [0.05, 0.1) is 44.1 Å². The van der Waals surface area contributed by atoms with Crippen molar-refractivity contribution in [3.63, 3.8) is 0 Å². The van der Waals surface area contributed by atoms with E-state index in [1.165, 1.54) is 35.9 Å². The zero-order valence-electron chi connectivity index (χ0n) is 27.2. The van der Waals surface area contributed by atoms with Crippen LogP contribution in [-0.4, -0.2) is 71.5 Å². The van der Waals surface area contributed by atoms with Crippen LogP contribution in [0.1, 0.15) is 51.2 Å². The zero-order valence-corrected chi connectivity index (χ0v) is 28.0. The molecule has 1 fully saturated rings. The fourth-order valence-corrected chi connectivity index (χ4v) is 7.43. The van der Waals surface area contributed by atoms with Crippen LogP contribution >= 0.6 is 11.3 Å². The van der Waals surface area contributed by atoms with Gasteiger partial charge < -0.3 is 25.0 Å². The minimum atomic E-state index is -0.329. The summed E-state index contributed by atoms with van der Waals surface area (Å²) in [5, 5.41) is 20.6. The lowest BCUT2D eigenvalue weighted by Crippen LogP contribution is -2.38. The summed E-state index contributed by atoms with van der Waals surface area (Å²) in [5.74, 6) is 1.07. The van der Waals surface area contributed by atoms with E-state index in [9.17, 15) is 14.9 Å². The average Bonchev–Trinajstić information content (AvgIpc) is 3.73. The smallest absolute Gasteiger partial charge is 0.322 e. The minimum Gasteiger partial charge on any atom is -0.497 e. The molecule has 0 aliphatic carbocycles. The monoisotopic (exact) mass is 667 g/mol. The molecule has 3 amide bonds. The van der Waals surface area contributed by atoms with Crippen molar-refractivity contribution < 1.29 is 19.1 Å². The molecule has 2 aromatic heterocycles. The first-order valence-electron chi connectivity index (χ1n) is 16.4. The van der Waals surface area contributed by atoms with Gasteiger partial charge in [0, 0.05) is 36.5 Å². The lowest BCUT2D eigenvalue weighted by atomic mass is 9.93. The predicted octanol–water partition coefficient (Wildman–Crippen LogP) is 5.99. The summed E-state index contributed by atoms with van der Waals surface area (Å²) >= 11 is 1.34. The van der Waals surface area contributed by atoms with E-state index >= 15 is 0 Å². The van der Waals surface area contributed by atoms with E-state index in [1.54, 1.807) is 47.2 Å². The molecule has 12 heteroatoms. The van der Waals surface area contributed by atoms with Crippen molar-refractivity contribution in [2.45, 2.75) is 45.3 Å². The number of urea groups is 1. The molecular formula is C36H41N7O4S. The Morgan fingerprint density at radius 2 is 1.83 bits per heavy atom. The Bertz CT molecular complexity index is 1720. The number of fused-ring (bicyclic) bond motifs is 1.